The van der Waals surface area contributed by atoms with Gasteiger partial charge in [-0.05, 0) is 25.5 Å². The number of aryl methyl sites for hydroxylation is 1. The highest BCUT2D eigenvalue weighted by molar-refractivity contribution is 7.90. The molecule has 92 valence electrons. The number of hydrogen-bond acceptors (Lipinski definition) is 2. The minimum absolute atomic E-state index is 0.260. The molecule has 0 bridgehead atoms. The molecule has 0 aliphatic carbocycles. The fourth-order valence-electron chi connectivity index (χ4n) is 1.81. The van der Waals surface area contributed by atoms with Gasteiger partial charge < -0.3 is 4.90 Å². The van der Waals surface area contributed by atoms with Crippen molar-refractivity contribution >= 4 is 15.9 Å². The highest BCUT2D eigenvalue weighted by Gasteiger charge is 2.19. The SMILES string of the molecule is Cc1ccc(S(=O)(=O)N=C2CCCN2C)cc1. The first-order chi connectivity index (χ1) is 7.99. The summed E-state index contributed by atoms with van der Waals surface area (Å²) in [6.07, 6.45) is 1.71. The van der Waals surface area contributed by atoms with Crippen molar-refractivity contribution in [1.29, 1.82) is 0 Å². The lowest BCUT2D eigenvalue weighted by atomic mass is 10.2. The van der Waals surface area contributed by atoms with Crippen molar-refractivity contribution in [2.24, 2.45) is 4.40 Å². The molecule has 1 aromatic rings. The van der Waals surface area contributed by atoms with E-state index in [4.69, 9.17) is 0 Å². The molecule has 1 aliphatic heterocycles. The molecular formula is C12H16N2O2S. The number of likely N-dealkylation sites (tertiary alicyclic amines) is 1. The lowest BCUT2D eigenvalue weighted by Crippen LogP contribution is -2.20. The van der Waals surface area contributed by atoms with Crippen molar-refractivity contribution < 1.29 is 8.42 Å². The Hall–Kier alpha value is -1.36. The summed E-state index contributed by atoms with van der Waals surface area (Å²) in [5.41, 5.74) is 1.04. The smallest absolute Gasteiger partial charge is 0.283 e. The van der Waals surface area contributed by atoms with Crippen LogP contribution >= 0.6 is 0 Å². The van der Waals surface area contributed by atoms with Gasteiger partial charge in [0.25, 0.3) is 10.0 Å². The fourth-order valence-corrected chi connectivity index (χ4v) is 2.90. The molecule has 1 fully saturated rings. The van der Waals surface area contributed by atoms with Crippen LogP contribution in [0.3, 0.4) is 0 Å². The zero-order chi connectivity index (χ0) is 12.5. The minimum Gasteiger partial charge on any atom is -0.362 e. The Kier molecular flexibility index (Phi) is 3.19. The summed E-state index contributed by atoms with van der Waals surface area (Å²) < 4.78 is 28.0. The molecular weight excluding hydrogens is 236 g/mol. The molecule has 0 amide bonds. The average molecular weight is 252 g/mol. The summed E-state index contributed by atoms with van der Waals surface area (Å²) in [5.74, 6) is 0.658. The van der Waals surface area contributed by atoms with Gasteiger partial charge in [-0.15, -0.1) is 4.40 Å². The Bertz CT molecular complexity index is 532. The third kappa shape index (κ3) is 2.66. The van der Waals surface area contributed by atoms with Gasteiger partial charge in [-0.25, -0.2) is 0 Å². The lowest BCUT2D eigenvalue weighted by molar-refractivity contribution is 0.548. The maximum Gasteiger partial charge on any atom is 0.283 e. The van der Waals surface area contributed by atoms with E-state index in [1.807, 2.05) is 18.9 Å². The molecule has 0 atom stereocenters. The maximum absolute atomic E-state index is 12.0. The van der Waals surface area contributed by atoms with E-state index in [1.54, 1.807) is 24.3 Å². The number of sulfonamides is 1. The van der Waals surface area contributed by atoms with Crippen molar-refractivity contribution in [2.75, 3.05) is 13.6 Å². The van der Waals surface area contributed by atoms with E-state index < -0.39 is 10.0 Å². The first-order valence-electron chi connectivity index (χ1n) is 5.61. The summed E-state index contributed by atoms with van der Waals surface area (Å²) in [7, 11) is -1.68. The number of rotatable bonds is 2. The van der Waals surface area contributed by atoms with Crippen molar-refractivity contribution in [2.45, 2.75) is 24.7 Å². The van der Waals surface area contributed by atoms with Crippen molar-refractivity contribution in [3.05, 3.63) is 29.8 Å². The Morgan fingerprint density at radius 1 is 1.24 bits per heavy atom. The molecule has 4 nitrogen and oxygen atoms in total. The molecule has 5 heteroatoms. The van der Waals surface area contributed by atoms with Crippen LogP contribution in [0.1, 0.15) is 18.4 Å². The van der Waals surface area contributed by atoms with Crippen LogP contribution in [0.4, 0.5) is 0 Å². The molecule has 0 unspecified atom stereocenters. The van der Waals surface area contributed by atoms with E-state index in [0.717, 1.165) is 24.9 Å². The topological polar surface area (TPSA) is 49.7 Å². The third-order valence-electron chi connectivity index (χ3n) is 2.88. The number of benzene rings is 1. The molecule has 0 aromatic heterocycles. The predicted molar refractivity (Wildman–Crippen MR) is 67.7 cm³/mol. The molecule has 1 saturated heterocycles. The van der Waals surface area contributed by atoms with Gasteiger partial charge in [-0.2, -0.15) is 8.42 Å². The molecule has 17 heavy (non-hydrogen) atoms. The first kappa shape index (κ1) is 12.1. The zero-order valence-corrected chi connectivity index (χ0v) is 10.9. The van der Waals surface area contributed by atoms with E-state index >= 15 is 0 Å². The summed E-state index contributed by atoms with van der Waals surface area (Å²) >= 11 is 0. The van der Waals surface area contributed by atoms with E-state index in [9.17, 15) is 8.42 Å². The summed E-state index contributed by atoms with van der Waals surface area (Å²) in [4.78, 5) is 2.15. The molecule has 0 N–H and O–H groups in total. The van der Waals surface area contributed by atoms with Gasteiger partial charge in [0.2, 0.25) is 0 Å². The molecule has 0 spiro atoms. The monoisotopic (exact) mass is 252 g/mol. The quantitative estimate of drug-likeness (QED) is 0.806. The van der Waals surface area contributed by atoms with Crippen molar-refractivity contribution in [3.63, 3.8) is 0 Å². The van der Waals surface area contributed by atoms with Gasteiger partial charge in [0.1, 0.15) is 5.84 Å². The van der Waals surface area contributed by atoms with Crippen LogP contribution in [0.5, 0.6) is 0 Å². The molecule has 0 radical (unpaired) electrons. The average Bonchev–Trinajstić information content (AvgIpc) is 2.64. The Morgan fingerprint density at radius 3 is 2.41 bits per heavy atom. The van der Waals surface area contributed by atoms with Gasteiger partial charge in [0, 0.05) is 20.0 Å². The van der Waals surface area contributed by atoms with Gasteiger partial charge in [-0.1, -0.05) is 17.7 Å². The maximum atomic E-state index is 12.0. The van der Waals surface area contributed by atoms with Crippen molar-refractivity contribution in [3.8, 4) is 0 Å². The van der Waals surface area contributed by atoms with Crippen LogP contribution in [-0.2, 0) is 10.0 Å². The van der Waals surface area contributed by atoms with E-state index in [1.165, 1.54) is 0 Å². The minimum atomic E-state index is -3.55. The second-order valence-corrected chi connectivity index (χ2v) is 5.92. The Morgan fingerprint density at radius 2 is 1.88 bits per heavy atom. The van der Waals surface area contributed by atoms with Crippen LogP contribution in [0.2, 0.25) is 0 Å². The highest BCUT2D eigenvalue weighted by Crippen LogP contribution is 2.17. The van der Waals surface area contributed by atoms with Crippen LogP contribution in [0.15, 0.2) is 33.6 Å². The summed E-state index contributed by atoms with van der Waals surface area (Å²) in [5, 5.41) is 0. The Balaban J connectivity index is 2.34. The van der Waals surface area contributed by atoms with Gasteiger partial charge >= 0.3 is 0 Å². The normalized spacial score (nSPS) is 18.9. The first-order valence-corrected chi connectivity index (χ1v) is 7.05. The van der Waals surface area contributed by atoms with Crippen LogP contribution in [-0.4, -0.2) is 32.7 Å². The highest BCUT2D eigenvalue weighted by atomic mass is 32.2. The second-order valence-electron chi connectivity index (χ2n) is 4.32. The molecule has 1 heterocycles. The predicted octanol–water partition coefficient (Wildman–Crippen LogP) is 1.81. The van der Waals surface area contributed by atoms with Crippen LogP contribution < -0.4 is 0 Å². The third-order valence-corrected chi connectivity index (χ3v) is 4.20. The van der Waals surface area contributed by atoms with Gasteiger partial charge in [0.15, 0.2) is 0 Å². The number of amidine groups is 1. The number of hydrogen-bond donors (Lipinski definition) is 0. The molecule has 0 saturated carbocycles. The molecule has 1 aromatic carbocycles. The summed E-state index contributed by atoms with van der Waals surface area (Å²) in [6, 6.07) is 6.77. The van der Waals surface area contributed by atoms with E-state index in [2.05, 4.69) is 4.40 Å². The lowest BCUT2D eigenvalue weighted by Gasteiger charge is -2.10. The second kappa shape index (κ2) is 4.49. The Labute approximate surface area is 102 Å². The van der Waals surface area contributed by atoms with Gasteiger partial charge in [-0.3, -0.25) is 0 Å². The van der Waals surface area contributed by atoms with Gasteiger partial charge in [0.05, 0.1) is 4.90 Å². The van der Waals surface area contributed by atoms with Crippen LogP contribution in [0.25, 0.3) is 0 Å². The fraction of sp³-hybridized carbons (Fsp3) is 0.417. The molecule has 2 rings (SSSR count). The summed E-state index contributed by atoms with van der Waals surface area (Å²) in [6.45, 7) is 2.80. The van der Waals surface area contributed by atoms with E-state index in [-0.39, 0.29) is 4.90 Å². The van der Waals surface area contributed by atoms with Crippen LogP contribution in [0, 0.1) is 6.92 Å². The van der Waals surface area contributed by atoms with Crippen molar-refractivity contribution in [1.82, 2.24) is 4.90 Å². The largest absolute Gasteiger partial charge is 0.362 e. The zero-order valence-electron chi connectivity index (χ0n) is 10.0. The standard InChI is InChI=1S/C12H16N2O2S/c1-10-5-7-11(8-6-10)17(15,16)13-12-4-3-9-14(12)2/h5-8H,3-4,9H2,1-2H3. The molecule has 1 aliphatic rings. The number of nitrogens with zero attached hydrogens (tertiary/aromatic N) is 2. The van der Waals surface area contributed by atoms with E-state index in [0.29, 0.717) is 5.84 Å².